The zero-order valence-corrected chi connectivity index (χ0v) is 13.0. The molecular formula is C16H28N2O2. The van der Waals surface area contributed by atoms with E-state index in [1.54, 1.807) is 0 Å². The normalized spacial score (nSPS) is 20.2. The van der Waals surface area contributed by atoms with Crippen LogP contribution < -0.4 is 0 Å². The summed E-state index contributed by atoms with van der Waals surface area (Å²) in [7, 11) is 0. The van der Waals surface area contributed by atoms with Crippen LogP contribution in [0.25, 0.3) is 0 Å². The number of hydrogen-bond acceptors (Lipinski definition) is 3. The molecule has 114 valence electrons. The lowest BCUT2D eigenvalue weighted by Crippen LogP contribution is -2.47. The molecule has 1 N–H and O–H groups in total. The lowest BCUT2D eigenvalue weighted by atomic mass is 9.79. The van der Waals surface area contributed by atoms with E-state index in [2.05, 4.69) is 18.9 Å². The van der Waals surface area contributed by atoms with Crippen LogP contribution in [0, 0.1) is 0 Å². The molecule has 1 aliphatic carbocycles. The highest BCUT2D eigenvalue weighted by molar-refractivity contribution is 5.05. The van der Waals surface area contributed by atoms with Crippen LogP contribution in [0.2, 0.25) is 0 Å². The zero-order valence-electron chi connectivity index (χ0n) is 13.0. The summed E-state index contributed by atoms with van der Waals surface area (Å²) >= 11 is 0. The Kier molecular flexibility index (Phi) is 5.22. The summed E-state index contributed by atoms with van der Waals surface area (Å²) in [6.45, 7) is 6.89. The standard InChI is InChI=1S/C16H28N2O2/c1-4-20-16(9-6-5-7-10-16)15(19)12-14-8-11-18(17-14)13(2)3/h8,11,13,15,19H,4-7,9-10,12H2,1-3H3. The van der Waals surface area contributed by atoms with Gasteiger partial charge in [-0.1, -0.05) is 19.3 Å². The molecule has 0 bridgehead atoms. The van der Waals surface area contributed by atoms with Crippen LogP contribution >= 0.6 is 0 Å². The maximum Gasteiger partial charge on any atom is 0.0943 e. The van der Waals surface area contributed by atoms with E-state index in [0.29, 0.717) is 19.1 Å². The number of aromatic nitrogens is 2. The molecule has 4 heteroatoms. The number of aliphatic hydroxyl groups is 1. The predicted octanol–water partition coefficient (Wildman–Crippen LogP) is 3.11. The molecule has 1 atom stereocenters. The van der Waals surface area contributed by atoms with E-state index in [1.807, 2.05) is 23.9 Å². The predicted molar refractivity (Wildman–Crippen MR) is 79.8 cm³/mol. The van der Waals surface area contributed by atoms with E-state index < -0.39 is 6.10 Å². The van der Waals surface area contributed by atoms with Gasteiger partial charge in [0.2, 0.25) is 0 Å². The molecule has 0 radical (unpaired) electrons. The summed E-state index contributed by atoms with van der Waals surface area (Å²) in [5.41, 5.74) is 0.602. The summed E-state index contributed by atoms with van der Waals surface area (Å²) in [6.07, 6.45) is 7.59. The molecule has 20 heavy (non-hydrogen) atoms. The highest BCUT2D eigenvalue weighted by Gasteiger charge is 2.40. The number of aliphatic hydroxyl groups excluding tert-OH is 1. The largest absolute Gasteiger partial charge is 0.390 e. The fraction of sp³-hybridized carbons (Fsp3) is 0.812. The van der Waals surface area contributed by atoms with Crippen molar-refractivity contribution in [2.75, 3.05) is 6.61 Å². The van der Waals surface area contributed by atoms with Gasteiger partial charge in [0.05, 0.1) is 17.4 Å². The average molecular weight is 280 g/mol. The van der Waals surface area contributed by atoms with Gasteiger partial charge in [0, 0.05) is 25.3 Å². The van der Waals surface area contributed by atoms with E-state index in [0.717, 1.165) is 31.4 Å². The van der Waals surface area contributed by atoms with Gasteiger partial charge < -0.3 is 9.84 Å². The maximum absolute atomic E-state index is 10.7. The zero-order chi connectivity index (χ0) is 14.6. The number of nitrogens with zero attached hydrogens (tertiary/aromatic N) is 2. The first-order valence-electron chi connectivity index (χ1n) is 7.93. The molecule has 1 saturated carbocycles. The van der Waals surface area contributed by atoms with E-state index >= 15 is 0 Å². The van der Waals surface area contributed by atoms with Crippen LogP contribution in [0.1, 0.15) is 64.6 Å². The molecule has 0 aliphatic heterocycles. The smallest absolute Gasteiger partial charge is 0.0943 e. The second-order valence-corrected chi connectivity index (χ2v) is 6.16. The Bertz CT molecular complexity index is 403. The van der Waals surface area contributed by atoms with Gasteiger partial charge in [0.1, 0.15) is 0 Å². The van der Waals surface area contributed by atoms with Crippen molar-refractivity contribution in [3.8, 4) is 0 Å². The van der Waals surface area contributed by atoms with Crippen molar-refractivity contribution in [3.05, 3.63) is 18.0 Å². The molecular weight excluding hydrogens is 252 g/mol. The molecule has 0 saturated heterocycles. The Balaban J connectivity index is 2.05. The number of rotatable bonds is 6. The number of hydrogen-bond donors (Lipinski definition) is 1. The van der Waals surface area contributed by atoms with Crippen molar-refractivity contribution < 1.29 is 9.84 Å². The van der Waals surface area contributed by atoms with Crippen LogP contribution in [-0.4, -0.2) is 33.2 Å². The first-order chi connectivity index (χ1) is 9.57. The third kappa shape index (κ3) is 3.41. The molecule has 0 amide bonds. The van der Waals surface area contributed by atoms with Crippen molar-refractivity contribution in [2.24, 2.45) is 0 Å². The van der Waals surface area contributed by atoms with Gasteiger partial charge in [-0.2, -0.15) is 5.10 Å². The minimum atomic E-state index is -0.460. The van der Waals surface area contributed by atoms with Gasteiger partial charge in [-0.25, -0.2) is 0 Å². The Labute approximate surface area is 122 Å². The second-order valence-electron chi connectivity index (χ2n) is 6.16. The van der Waals surface area contributed by atoms with Gasteiger partial charge in [-0.3, -0.25) is 4.68 Å². The average Bonchev–Trinajstić information content (AvgIpc) is 2.89. The first-order valence-corrected chi connectivity index (χ1v) is 7.93. The monoisotopic (exact) mass is 280 g/mol. The van der Waals surface area contributed by atoms with E-state index in [-0.39, 0.29) is 5.60 Å². The van der Waals surface area contributed by atoms with Gasteiger partial charge in [0.15, 0.2) is 0 Å². The van der Waals surface area contributed by atoms with Crippen molar-refractivity contribution in [2.45, 2.75) is 77.0 Å². The Morgan fingerprint density at radius 2 is 2.05 bits per heavy atom. The molecule has 1 heterocycles. The van der Waals surface area contributed by atoms with Crippen LogP contribution in [0.4, 0.5) is 0 Å². The Morgan fingerprint density at radius 1 is 1.35 bits per heavy atom. The van der Waals surface area contributed by atoms with Crippen LogP contribution in [0.5, 0.6) is 0 Å². The summed E-state index contributed by atoms with van der Waals surface area (Å²) in [6, 6.07) is 2.36. The molecule has 1 aromatic heterocycles. The van der Waals surface area contributed by atoms with Crippen molar-refractivity contribution in [1.29, 1.82) is 0 Å². The molecule has 4 nitrogen and oxygen atoms in total. The highest BCUT2D eigenvalue weighted by Crippen LogP contribution is 2.35. The SMILES string of the molecule is CCOC1(C(O)Cc2ccn(C(C)C)n2)CCCCC1. The molecule has 1 aromatic rings. The fourth-order valence-electron chi connectivity index (χ4n) is 3.17. The Hall–Kier alpha value is -0.870. The van der Waals surface area contributed by atoms with Gasteiger partial charge >= 0.3 is 0 Å². The Morgan fingerprint density at radius 3 is 2.60 bits per heavy atom. The van der Waals surface area contributed by atoms with Crippen molar-refractivity contribution >= 4 is 0 Å². The quantitative estimate of drug-likeness (QED) is 0.871. The lowest BCUT2D eigenvalue weighted by Gasteiger charge is -2.40. The third-order valence-electron chi connectivity index (χ3n) is 4.33. The van der Waals surface area contributed by atoms with Crippen LogP contribution in [-0.2, 0) is 11.2 Å². The topological polar surface area (TPSA) is 47.3 Å². The molecule has 1 fully saturated rings. The second kappa shape index (κ2) is 6.72. The molecule has 1 aliphatic rings. The van der Waals surface area contributed by atoms with Crippen molar-refractivity contribution in [3.63, 3.8) is 0 Å². The van der Waals surface area contributed by atoms with E-state index in [4.69, 9.17) is 4.74 Å². The molecule has 0 spiro atoms. The van der Waals surface area contributed by atoms with Gasteiger partial charge in [-0.15, -0.1) is 0 Å². The van der Waals surface area contributed by atoms with Crippen LogP contribution in [0.3, 0.4) is 0 Å². The highest BCUT2D eigenvalue weighted by atomic mass is 16.5. The first kappa shape index (κ1) is 15.5. The number of ether oxygens (including phenoxy) is 1. The molecule has 2 rings (SSSR count). The molecule has 0 aromatic carbocycles. The lowest BCUT2D eigenvalue weighted by molar-refractivity contribution is -0.139. The summed E-state index contributed by atoms with van der Waals surface area (Å²) in [5.74, 6) is 0. The van der Waals surface area contributed by atoms with Gasteiger partial charge in [-0.05, 0) is 39.7 Å². The van der Waals surface area contributed by atoms with E-state index in [9.17, 15) is 5.11 Å². The summed E-state index contributed by atoms with van der Waals surface area (Å²) in [5, 5.41) is 15.2. The third-order valence-corrected chi connectivity index (χ3v) is 4.33. The van der Waals surface area contributed by atoms with Crippen LogP contribution in [0.15, 0.2) is 12.3 Å². The minimum absolute atomic E-state index is 0.353. The van der Waals surface area contributed by atoms with Gasteiger partial charge in [0.25, 0.3) is 0 Å². The summed E-state index contributed by atoms with van der Waals surface area (Å²) in [4.78, 5) is 0. The van der Waals surface area contributed by atoms with Crippen molar-refractivity contribution in [1.82, 2.24) is 9.78 Å². The summed E-state index contributed by atoms with van der Waals surface area (Å²) < 4.78 is 7.91. The minimum Gasteiger partial charge on any atom is -0.390 e. The molecule has 1 unspecified atom stereocenters. The maximum atomic E-state index is 10.7. The fourth-order valence-corrected chi connectivity index (χ4v) is 3.17. The van der Waals surface area contributed by atoms with E-state index in [1.165, 1.54) is 6.42 Å².